The zero-order chi connectivity index (χ0) is 8.24. The molecule has 0 saturated carbocycles. The van der Waals surface area contributed by atoms with Crippen LogP contribution in [-0.2, 0) is 32.7 Å². The Labute approximate surface area is 104 Å². The van der Waals surface area contributed by atoms with Gasteiger partial charge in [0, 0.05) is 32.7 Å². The van der Waals surface area contributed by atoms with Gasteiger partial charge in [-0.2, -0.15) is 0 Å². The largest absolute Gasteiger partial charge is 0.358 e. The predicted octanol–water partition coefficient (Wildman–Crippen LogP) is 4.19. The first-order chi connectivity index (χ1) is 5.00. The van der Waals surface area contributed by atoms with Gasteiger partial charge in [-0.25, -0.2) is 0 Å². The third kappa shape index (κ3) is 22.4. The maximum atomic E-state index is 2.00. The Hall–Kier alpha value is 0.324. The van der Waals surface area contributed by atoms with E-state index in [9.17, 15) is 0 Å². The van der Waals surface area contributed by atoms with E-state index >= 15 is 0 Å². The molecule has 0 nitrogen and oxygen atoms in total. The summed E-state index contributed by atoms with van der Waals surface area (Å²) in [5.74, 6) is 0. The van der Waals surface area contributed by atoms with Gasteiger partial charge in [-0.3, -0.25) is 0 Å². The summed E-state index contributed by atoms with van der Waals surface area (Å²) in [6.07, 6.45) is 0. The molecule has 0 aliphatic rings. The van der Waals surface area contributed by atoms with Gasteiger partial charge in [0.2, 0.25) is 0 Å². The van der Waals surface area contributed by atoms with Crippen molar-refractivity contribution in [3.8, 4) is 0 Å². The molecule has 1 radical (unpaired) electrons. The van der Waals surface area contributed by atoms with E-state index in [-0.39, 0.29) is 40.1 Å². The molecule has 1 rings (SSSR count). The van der Waals surface area contributed by atoms with Gasteiger partial charge in [0.05, 0.1) is 0 Å². The summed E-state index contributed by atoms with van der Waals surface area (Å²) in [6.45, 7) is 8.00. The standard InChI is InChI=1S/C6H6.2C2H6.CH3.Y/c1-2-4-6-5-3-1;2*1-2;;/h1-6H;2*1-2H3;1H3;/q;;;-1;. The summed E-state index contributed by atoms with van der Waals surface area (Å²) >= 11 is 0. The van der Waals surface area contributed by atoms with Crippen molar-refractivity contribution >= 4 is 0 Å². The van der Waals surface area contributed by atoms with E-state index in [2.05, 4.69) is 0 Å². The van der Waals surface area contributed by atoms with Crippen LogP contribution in [0.3, 0.4) is 0 Å². The number of rotatable bonds is 0. The molecule has 0 aliphatic heterocycles. The van der Waals surface area contributed by atoms with E-state index < -0.39 is 0 Å². The summed E-state index contributed by atoms with van der Waals surface area (Å²) in [4.78, 5) is 0. The molecule has 0 saturated heterocycles. The summed E-state index contributed by atoms with van der Waals surface area (Å²) in [6, 6.07) is 12.0. The van der Waals surface area contributed by atoms with Crippen LogP contribution in [0.15, 0.2) is 36.4 Å². The quantitative estimate of drug-likeness (QED) is 0.598. The summed E-state index contributed by atoms with van der Waals surface area (Å²) < 4.78 is 0. The Morgan fingerprint density at radius 3 is 0.667 bits per heavy atom. The molecule has 12 heavy (non-hydrogen) atoms. The molecule has 1 aromatic rings. The molecular weight excluding hydrogens is 221 g/mol. The van der Waals surface area contributed by atoms with Gasteiger partial charge in [-0.1, -0.05) is 64.1 Å². The molecule has 0 amide bonds. The second-order valence-electron chi connectivity index (χ2n) is 1.15. The maximum absolute atomic E-state index is 2.00. The van der Waals surface area contributed by atoms with Gasteiger partial charge in [0.25, 0.3) is 0 Å². The van der Waals surface area contributed by atoms with E-state index in [1.54, 1.807) is 0 Å². The molecule has 1 heteroatoms. The molecule has 1 aromatic carbocycles. The van der Waals surface area contributed by atoms with Crippen LogP contribution in [0.25, 0.3) is 0 Å². The topological polar surface area (TPSA) is 0 Å². The van der Waals surface area contributed by atoms with Gasteiger partial charge in [0.1, 0.15) is 0 Å². The Morgan fingerprint density at radius 2 is 0.583 bits per heavy atom. The van der Waals surface area contributed by atoms with Gasteiger partial charge in [0.15, 0.2) is 0 Å². The second-order valence-corrected chi connectivity index (χ2v) is 1.15. The minimum absolute atomic E-state index is 0. The molecular formula is C11H21Y-. The SMILES string of the molecule is CC.CC.[CH3-].[Y].c1ccccc1. The van der Waals surface area contributed by atoms with E-state index in [0.29, 0.717) is 0 Å². The van der Waals surface area contributed by atoms with Gasteiger partial charge in [-0.05, 0) is 0 Å². The normalized spacial score (nSPS) is 5.00. The maximum Gasteiger partial charge on any atom is 0 e. The Balaban J connectivity index is -0.0000000480. The first-order valence-electron chi connectivity index (χ1n) is 4.00. The van der Waals surface area contributed by atoms with Crippen molar-refractivity contribution in [3.05, 3.63) is 43.8 Å². The molecule has 0 N–H and O–H groups in total. The Kier molecular flexibility index (Phi) is 57.4. The van der Waals surface area contributed by atoms with Gasteiger partial charge >= 0.3 is 0 Å². The van der Waals surface area contributed by atoms with E-state index in [0.717, 1.165) is 0 Å². The van der Waals surface area contributed by atoms with Crippen molar-refractivity contribution in [2.75, 3.05) is 0 Å². The Bertz CT molecular complexity index is 76.9. The van der Waals surface area contributed by atoms with Crippen LogP contribution in [0, 0.1) is 7.43 Å². The molecule has 0 atom stereocenters. The average Bonchev–Trinajstić information content (AvgIpc) is 2.14. The molecule has 0 fully saturated rings. The monoisotopic (exact) mass is 242 g/mol. The minimum atomic E-state index is 0. The molecule has 0 bridgehead atoms. The summed E-state index contributed by atoms with van der Waals surface area (Å²) in [5.41, 5.74) is 0. The van der Waals surface area contributed by atoms with E-state index in [1.807, 2.05) is 64.1 Å². The van der Waals surface area contributed by atoms with Crippen LogP contribution in [0.1, 0.15) is 27.7 Å². The first kappa shape index (κ1) is 22.8. The smallest absolute Gasteiger partial charge is 0 e. The molecule has 0 aromatic heterocycles. The molecule has 0 aliphatic carbocycles. The van der Waals surface area contributed by atoms with Crippen LogP contribution in [0.2, 0.25) is 0 Å². The number of hydrogen-bond acceptors (Lipinski definition) is 0. The summed E-state index contributed by atoms with van der Waals surface area (Å²) in [7, 11) is 0. The van der Waals surface area contributed by atoms with Crippen molar-refractivity contribution in [1.29, 1.82) is 0 Å². The first-order valence-corrected chi connectivity index (χ1v) is 4.00. The summed E-state index contributed by atoms with van der Waals surface area (Å²) in [5, 5.41) is 0. The van der Waals surface area contributed by atoms with Crippen LogP contribution in [-0.4, -0.2) is 0 Å². The fraction of sp³-hybridized carbons (Fsp3) is 0.364. The van der Waals surface area contributed by atoms with Crippen LogP contribution < -0.4 is 0 Å². The van der Waals surface area contributed by atoms with Crippen molar-refractivity contribution < 1.29 is 32.7 Å². The Morgan fingerprint density at radius 1 is 0.500 bits per heavy atom. The van der Waals surface area contributed by atoms with Gasteiger partial charge in [-0.15, -0.1) is 0 Å². The van der Waals surface area contributed by atoms with E-state index in [4.69, 9.17) is 0 Å². The van der Waals surface area contributed by atoms with Crippen molar-refractivity contribution in [2.45, 2.75) is 27.7 Å². The molecule has 0 unspecified atom stereocenters. The zero-order valence-corrected chi connectivity index (χ0v) is 11.9. The van der Waals surface area contributed by atoms with Crippen LogP contribution in [0.5, 0.6) is 0 Å². The van der Waals surface area contributed by atoms with Crippen molar-refractivity contribution in [3.63, 3.8) is 0 Å². The van der Waals surface area contributed by atoms with Crippen LogP contribution >= 0.6 is 0 Å². The molecule has 0 heterocycles. The predicted molar refractivity (Wildman–Crippen MR) is 55.6 cm³/mol. The van der Waals surface area contributed by atoms with Crippen LogP contribution in [0.4, 0.5) is 0 Å². The third-order valence-corrected chi connectivity index (χ3v) is 0.667. The average molecular weight is 242 g/mol. The second kappa shape index (κ2) is 30.2. The van der Waals surface area contributed by atoms with E-state index in [1.165, 1.54) is 0 Å². The fourth-order valence-electron chi connectivity index (χ4n) is 0.385. The number of benzene rings is 1. The van der Waals surface area contributed by atoms with Crippen molar-refractivity contribution in [2.24, 2.45) is 0 Å². The third-order valence-electron chi connectivity index (χ3n) is 0.667. The minimum Gasteiger partial charge on any atom is -0.358 e. The van der Waals surface area contributed by atoms with Crippen molar-refractivity contribution in [1.82, 2.24) is 0 Å². The van der Waals surface area contributed by atoms with Gasteiger partial charge < -0.3 is 7.43 Å². The fourth-order valence-corrected chi connectivity index (χ4v) is 0.385. The zero-order valence-electron chi connectivity index (χ0n) is 9.04. The molecule has 0 spiro atoms. The molecule has 69 valence electrons. The number of hydrogen-bond donors (Lipinski definition) is 0.